The normalized spacial score (nSPS) is 21.4. The zero-order valence-corrected chi connectivity index (χ0v) is 34.8. The Hall–Kier alpha value is -2.46. The molecule has 0 amide bonds. The first kappa shape index (κ1) is 49.7. The molecule has 0 saturated carbocycles. The van der Waals surface area contributed by atoms with Crippen molar-refractivity contribution in [3.05, 3.63) is 76.2 Å². The molecule has 2 fully saturated rings. The maximum atomic E-state index is 5.71. The summed E-state index contributed by atoms with van der Waals surface area (Å²) in [6.45, 7) is 36.4. The minimum Gasteiger partial charge on any atom is -0.375 e. The summed E-state index contributed by atoms with van der Waals surface area (Å²) in [6.07, 6.45) is 25.1. The molecule has 0 spiro atoms. The number of hydrogen-bond acceptors (Lipinski definition) is 4. The number of nitrogens with zero attached hydrogens (tertiary/aromatic N) is 3. The lowest BCUT2D eigenvalue weighted by Crippen LogP contribution is -2.31. The van der Waals surface area contributed by atoms with Crippen molar-refractivity contribution in [3.63, 3.8) is 0 Å². The third kappa shape index (κ3) is 18.7. The number of hydrogen-bond donors (Lipinski definition) is 0. The SMILES string of the molecule is C.C=C/C=C\C1=C(C)C(=C(C)C)C(C)C=C1C.CC.CCC1CC(C)CC(C)O1.CCCC.CCCCc1nc(N2CCCCC2)ncc1C. The molecule has 1 aromatic heterocycles. The van der Waals surface area contributed by atoms with E-state index in [1.807, 2.05) is 32.2 Å². The Balaban J connectivity index is 0. The van der Waals surface area contributed by atoms with E-state index < -0.39 is 0 Å². The number of aromatic nitrogens is 2. The van der Waals surface area contributed by atoms with Crippen LogP contribution in [-0.4, -0.2) is 35.3 Å². The quantitative estimate of drug-likeness (QED) is 0.254. The second-order valence-electron chi connectivity index (χ2n) is 14.2. The summed E-state index contributed by atoms with van der Waals surface area (Å²) in [7, 11) is 0. The Morgan fingerprint density at radius 3 is 2.06 bits per heavy atom. The molecule has 50 heavy (non-hydrogen) atoms. The van der Waals surface area contributed by atoms with Gasteiger partial charge >= 0.3 is 0 Å². The molecule has 0 N–H and O–H groups in total. The van der Waals surface area contributed by atoms with Crippen molar-refractivity contribution in [2.24, 2.45) is 11.8 Å². The number of piperidine rings is 1. The summed E-state index contributed by atoms with van der Waals surface area (Å²) in [5.74, 6) is 2.35. The van der Waals surface area contributed by atoms with Gasteiger partial charge in [0.2, 0.25) is 5.95 Å². The maximum absolute atomic E-state index is 5.71. The van der Waals surface area contributed by atoms with Gasteiger partial charge < -0.3 is 9.64 Å². The van der Waals surface area contributed by atoms with Gasteiger partial charge in [-0.1, -0.05) is 119 Å². The van der Waals surface area contributed by atoms with Crippen molar-refractivity contribution in [3.8, 4) is 0 Å². The van der Waals surface area contributed by atoms with Gasteiger partial charge in [-0.05, 0) is 133 Å². The molecule has 4 unspecified atom stereocenters. The van der Waals surface area contributed by atoms with Gasteiger partial charge in [0.15, 0.2) is 0 Å². The summed E-state index contributed by atoms with van der Waals surface area (Å²) in [6, 6.07) is 0. The first-order chi connectivity index (χ1) is 23.4. The van der Waals surface area contributed by atoms with Gasteiger partial charge in [0.25, 0.3) is 0 Å². The van der Waals surface area contributed by atoms with Crippen LogP contribution in [0.2, 0.25) is 0 Å². The molecule has 2 saturated heterocycles. The number of ether oxygens (including phenoxy) is 1. The third-order valence-electron chi connectivity index (χ3n) is 9.38. The molecule has 0 bridgehead atoms. The van der Waals surface area contributed by atoms with Gasteiger partial charge in [-0.25, -0.2) is 9.97 Å². The Kier molecular flexibility index (Phi) is 28.9. The van der Waals surface area contributed by atoms with E-state index in [0.29, 0.717) is 18.1 Å². The molecule has 4 heteroatoms. The monoisotopic (exact) mass is 694 g/mol. The van der Waals surface area contributed by atoms with E-state index in [1.54, 1.807) is 0 Å². The highest BCUT2D eigenvalue weighted by Crippen LogP contribution is 2.35. The second kappa shape index (κ2) is 29.2. The summed E-state index contributed by atoms with van der Waals surface area (Å²) in [4.78, 5) is 11.6. The van der Waals surface area contributed by atoms with E-state index in [9.17, 15) is 0 Å². The topological polar surface area (TPSA) is 38.2 Å². The first-order valence-corrected chi connectivity index (χ1v) is 20.0. The van der Waals surface area contributed by atoms with Crippen molar-refractivity contribution >= 4 is 5.95 Å². The molecule has 2 aliphatic heterocycles. The molecule has 1 aliphatic carbocycles. The Labute approximate surface area is 313 Å². The Morgan fingerprint density at radius 1 is 0.940 bits per heavy atom. The standard InChI is InChI=1S/C16H22.C14H23N3.C9H18O.C4H10.C2H6.CH4/c1-7-8-9-15-12(4)10-13(5)16(11(2)3)14(15)6;1-3-4-8-13-12(2)11-15-14(16-13)17-9-6-5-7-10-17;1-4-9-6-7(2)5-8(3)10-9;1-3-4-2;1-2;/h7-10,13H,1H2,2-6H3;11H,3-10H2,1-2H3;7-9H,4-6H2,1-3H3;3-4H2,1-2H3;1-2H3;1H4/b9-8-;;;;;. The molecule has 3 aliphatic rings. The van der Waals surface area contributed by atoms with Crippen LogP contribution in [0.15, 0.2) is 64.9 Å². The van der Waals surface area contributed by atoms with Gasteiger partial charge in [-0.15, -0.1) is 0 Å². The zero-order chi connectivity index (χ0) is 37.4. The molecule has 0 aromatic carbocycles. The fourth-order valence-corrected chi connectivity index (χ4v) is 6.71. The van der Waals surface area contributed by atoms with E-state index in [-0.39, 0.29) is 7.43 Å². The average Bonchev–Trinajstić information content (AvgIpc) is 3.09. The number of unbranched alkanes of at least 4 members (excludes halogenated alkanes) is 2. The molecule has 1 aromatic rings. The van der Waals surface area contributed by atoms with Crippen molar-refractivity contribution in [2.75, 3.05) is 18.0 Å². The lowest BCUT2D eigenvalue weighted by atomic mass is 9.80. The lowest BCUT2D eigenvalue weighted by Gasteiger charge is -2.31. The van der Waals surface area contributed by atoms with E-state index in [2.05, 4.69) is 112 Å². The van der Waals surface area contributed by atoms with Crippen LogP contribution < -0.4 is 4.90 Å². The molecule has 4 atom stereocenters. The van der Waals surface area contributed by atoms with E-state index >= 15 is 0 Å². The molecule has 4 rings (SSSR count). The fourth-order valence-electron chi connectivity index (χ4n) is 6.71. The van der Waals surface area contributed by atoms with Crippen LogP contribution in [0.5, 0.6) is 0 Å². The maximum Gasteiger partial charge on any atom is 0.225 e. The van der Waals surface area contributed by atoms with Gasteiger partial charge in [0.05, 0.1) is 12.2 Å². The predicted octanol–water partition coefficient (Wildman–Crippen LogP) is 14.2. The number of rotatable bonds is 8. The Morgan fingerprint density at radius 2 is 1.56 bits per heavy atom. The van der Waals surface area contributed by atoms with Crippen LogP contribution in [-0.2, 0) is 11.2 Å². The van der Waals surface area contributed by atoms with Crippen molar-refractivity contribution in [1.29, 1.82) is 0 Å². The zero-order valence-electron chi connectivity index (χ0n) is 34.8. The average molecular weight is 694 g/mol. The van der Waals surface area contributed by atoms with E-state index in [4.69, 9.17) is 9.72 Å². The van der Waals surface area contributed by atoms with Crippen molar-refractivity contribution < 1.29 is 4.74 Å². The molecule has 4 nitrogen and oxygen atoms in total. The molecule has 0 radical (unpaired) electrons. The first-order valence-electron chi connectivity index (χ1n) is 20.0. The highest BCUT2D eigenvalue weighted by Gasteiger charge is 2.22. The summed E-state index contributed by atoms with van der Waals surface area (Å²) >= 11 is 0. The summed E-state index contributed by atoms with van der Waals surface area (Å²) in [5, 5.41) is 0. The predicted molar refractivity (Wildman–Crippen MR) is 226 cm³/mol. The lowest BCUT2D eigenvalue weighted by molar-refractivity contribution is -0.0594. The summed E-state index contributed by atoms with van der Waals surface area (Å²) in [5.41, 5.74) is 9.49. The van der Waals surface area contributed by atoms with Gasteiger partial charge in [0, 0.05) is 25.0 Å². The van der Waals surface area contributed by atoms with Crippen LogP contribution >= 0.6 is 0 Å². The molecular weight excluding hydrogens is 611 g/mol. The molecule has 288 valence electrons. The number of aryl methyl sites for hydroxylation is 2. The number of allylic oxidation sites excluding steroid dienone is 9. The third-order valence-corrected chi connectivity index (χ3v) is 9.38. The van der Waals surface area contributed by atoms with Crippen LogP contribution in [0.25, 0.3) is 0 Å². The van der Waals surface area contributed by atoms with Crippen molar-refractivity contribution in [2.45, 2.75) is 187 Å². The van der Waals surface area contributed by atoms with Crippen LogP contribution in [0.3, 0.4) is 0 Å². The fraction of sp³-hybridized carbons (Fsp3) is 0.696. The van der Waals surface area contributed by atoms with Crippen molar-refractivity contribution in [1.82, 2.24) is 9.97 Å². The van der Waals surface area contributed by atoms with Gasteiger partial charge in [-0.3, -0.25) is 0 Å². The molecule has 3 heterocycles. The van der Waals surface area contributed by atoms with Gasteiger partial charge in [-0.2, -0.15) is 0 Å². The molecular formula is C46H83N3O. The van der Waals surface area contributed by atoms with Crippen LogP contribution in [0, 0.1) is 18.8 Å². The van der Waals surface area contributed by atoms with Crippen LogP contribution in [0.4, 0.5) is 5.95 Å². The second-order valence-corrected chi connectivity index (χ2v) is 14.2. The smallest absolute Gasteiger partial charge is 0.225 e. The largest absolute Gasteiger partial charge is 0.375 e. The number of anilines is 1. The highest BCUT2D eigenvalue weighted by atomic mass is 16.5. The minimum atomic E-state index is 0. The van der Waals surface area contributed by atoms with E-state index in [1.165, 1.54) is 103 Å². The van der Waals surface area contributed by atoms with Crippen LogP contribution in [0.1, 0.15) is 173 Å². The van der Waals surface area contributed by atoms with E-state index in [0.717, 1.165) is 31.4 Å². The minimum absolute atomic E-state index is 0. The van der Waals surface area contributed by atoms with Gasteiger partial charge in [0.1, 0.15) is 0 Å². The Bertz CT molecular complexity index is 1150. The highest BCUT2D eigenvalue weighted by molar-refractivity contribution is 5.55. The summed E-state index contributed by atoms with van der Waals surface area (Å²) < 4.78 is 5.71.